The second kappa shape index (κ2) is 7.99. The second-order valence-corrected chi connectivity index (χ2v) is 6.55. The highest BCUT2D eigenvalue weighted by Crippen LogP contribution is 2.29. The van der Waals surface area contributed by atoms with E-state index in [1.807, 2.05) is 13.0 Å². The van der Waals surface area contributed by atoms with E-state index < -0.39 is 11.7 Å². The molecule has 0 atom stereocenters. The molecule has 1 N–H and O–H groups in total. The van der Waals surface area contributed by atoms with Crippen LogP contribution in [0.4, 0.5) is 18.0 Å². The van der Waals surface area contributed by atoms with E-state index in [0.29, 0.717) is 38.3 Å². The Hall–Kier alpha value is -2.55. The number of aryl methyl sites for hydroxylation is 1. The summed E-state index contributed by atoms with van der Waals surface area (Å²) in [6.45, 7) is 5.05. The third kappa shape index (κ3) is 5.22. The van der Waals surface area contributed by atoms with Crippen molar-refractivity contribution in [2.24, 2.45) is 0 Å². The van der Waals surface area contributed by atoms with Crippen LogP contribution in [-0.2, 0) is 19.3 Å². The Morgan fingerprint density at radius 2 is 1.96 bits per heavy atom. The maximum Gasteiger partial charge on any atom is 0.416 e. The number of carbonyl (C=O) groups is 1. The van der Waals surface area contributed by atoms with Crippen LogP contribution in [0.2, 0.25) is 0 Å². The number of halogens is 3. The van der Waals surface area contributed by atoms with E-state index in [1.54, 1.807) is 11.0 Å². The molecule has 27 heavy (non-hydrogen) atoms. The smallest absolute Gasteiger partial charge is 0.361 e. The first-order valence-corrected chi connectivity index (χ1v) is 8.65. The number of hydrogen-bond acceptors (Lipinski definition) is 4. The number of rotatable bonds is 4. The Morgan fingerprint density at radius 3 is 2.59 bits per heavy atom. The highest BCUT2D eigenvalue weighted by Gasteiger charge is 2.30. The molecule has 1 aliphatic heterocycles. The summed E-state index contributed by atoms with van der Waals surface area (Å²) in [5, 5.41) is 6.65. The van der Waals surface area contributed by atoms with Crippen LogP contribution in [-0.4, -0.2) is 47.2 Å². The second-order valence-electron chi connectivity index (χ2n) is 6.55. The summed E-state index contributed by atoms with van der Waals surface area (Å²) in [6.07, 6.45) is -4.39. The van der Waals surface area contributed by atoms with Crippen molar-refractivity contribution in [2.75, 3.05) is 26.2 Å². The fourth-order valence-corrected chi connectivity index (χ4v) is 2.98. The summed E-state index contributed by atoms with van der Waals surface area (Å²) in [4.78, 5) is 16.1. The molecule has 1 aliphatic rings. The number of nitrogens with zero attached hydrogens (tertiary/aromatic N) is 3. The molecule has 0 bridgehead atoms. The summed E-state index contributed by atoms with van der Waals surface area (Å²) in [6, 6.07) is 6.58. The summed E-state index contributed by atoms with van der Waals surface area (Å²) in [5.74, 6) is 0.762. The van der Waals surface area contributed by atoms with Crippen LogP contribution in [0.5, 0.6) is 0 Å². The van der Waals surface area contributed by atoms with Gasteiger partial charge in [0.1, 0.15) is 5.76 Å². The van der Waals surface area contributed by atoms with Gasteiger partial charge >= 0.3 is 12.2 Å². The molecule has 9 heteroatoms. The van der Waals surface area contributed by atoms with Gasteiger partial charge in [-0.3, -0.25) is 4.90 Å². The Kier molecular flexibility index (Phi) is 5.69. The summed E-state index contributed by atoms with van der Waals surface area (Å²) < 4.78 is 43.3. The number of benzene rings is 1. The van der Waals surface area contributed by atoms with Crippen molar-refractivity contribution >= 4 is 6.03 Å². The van der Waals surface area contributed by atoms with Crippen molar-refractivity contribution in [3.8, 4) is 0 Å². The molecule has 3 rings (SSSR count). The van der Waals surface area contributed by atoms with Gasteiger partial charge in [-0.2, -0.15) is 13.2 Å². The maximum atomic E-state index is 12.7. The molecule has 0 unspecified atom stereocenters. The molecule has 1 aromatic carbocycles. The molecule has 6 nitrogen and oxygen atoms in total. The van der Waals surface area contributed by atoms with Gasteiger partial charge in [-0.25, -0.2) is 4.79 Å². The fourth-order valence-electron chi connectivity index (χ4n) is 2.98. The van der Waals surface area contributed by atoms with Crippen molar-refractivity contribution in [3.63, 3.8) is 0 Å². The number of urea groups is 1. The quantitative estimate of drug-likeness (QED) is 0.883. The van der Waals surface area contributed by atoms with E-state index in [-0.39, 0.29) is 12.6 Å². The summed E-state index contributed by atoms with van der Waals surface area (Å²) in [5.41, 5.74) is 0.555. The molecule has 146 valence electrons. The average Bonchev–Trinajstić information content (AvgIpc) is 3.04. The first-order valence-electron chi connectivity index (χ1n) is 8.65. The number of piperazine rings is 1. The molecule has 1 aromatic heterocycles. The van der Waals surface area contributed by atoms with Crippen molar-refractivity contribution in [2.45, 2.75) is 26.2 Å². The SMILES string of the molecule is Cc1cc(CN2CCN(C(=O)NCc3cccc(C(F)(F)F)c3)CC2)no1. The predicted molar refractivity (Wildman–Crippen MR) is 91.8 cm³/mol. The predicted octanol–water partition coefficient (Wildman–Crippen LogP) is 3.03. The van der Waals surface area contributed by atoms with Gasteiger partial charge in [0.2, 0.25) is 0 Å². The van der Waals surface area contributed by atoms with Crippen molar-refractivity contribution in [3.05, 3.63) is 52.9 Å². The van der Waals surface area contributed by atoms with E-state index in [1.165, 1.54) is 6.07 Å². The molecular formula is C18H21F3N4O2. The molecule has 2 amide bonds. The first kappa shape index (κ1) is 19.2. The number of carbonyl (C=O) groups excluding carboxylic acids is 1. The molecule has 0 radical (unpaired) electrons. The van der Waals surface area contributed by atoms with E-state index >= 15 is 0 Å². The zero-order chi connectivity index (χ0) is 19.4. The lowest BCUT2D eigenvalue weighted by Crippen LogP contribution is -2.51. The molecule has 2 heterocycles. The molecule has 0 spiro atoms. The zero-order valence-electron chi connectivity index (χ0n) is 14.9. The van der Waals surface area contributed by atoms with Gasteiger partial charge in [0.05, 0.1) is 11.3 Å². The largest absolute Gasteiger partial charge is 0.416 e. The molecule has 1 saturated heterocycles. The van der Waals surface area contributed by atoms with E-state index in [4.69, 9.17) is 4.52 Å². The molecule has 2 aromatic rings. The Bertz CT molecular complexity index is 783. The number of aromatic nitrogens is 1. The van der Waals surface area contributed by atoms with Gasteiger partial charge in [-0.15, -0.1) is 0 Å². The van der Waals surface area contributed by atoms with Gasteiger partial charge in [0.15, 0.2) is 0 Å². The van der Waals surface area contributed by atoms with Gasteiger partial charge in [-0.1, -0.05) is 17.3 Å². The number of alkyl halides is 3. The summed E-state index contributed by atoms with van der Waals surface area (Å²) in [7, 11) is 0. The summed E-state index contributed by atoms with van der Waals surface area (Å²) >= 11 is 0. The minimum Gasteiger partial charge on any atom is -0.361 e. The zero-order valence-corrected chi connectivity index (χ0v) is 14.9. The molecular weight excluding hydrogens is 361 g/mol. The lowest BCUT2D eigenvalue weighted by atomic mass is 10.1. The Morgan fingerprint density at radius 1 is 1.22 bits per heavy atom. The topological polar surface area (TPSA) is 61.6 Å². The normalized spacial score (nSPS) is 15.8. The fraction of sp³-hybridized carbons (Fsp3) is 0.444. The highest BCUT2D eigenvalue weighted by atomic mass is 19.4. The third-order valence-corrected chi connectivity index (χ3v) is 4.42. The highest BCUT2D eigenvalue weighted by molar-refractivity contribution is 5.74. The lowest BCUT2D eigenvalue weighted by molar-refractivity contribution is -0.137. The maximum absolute atomic E-state index is 12.7. The van der Waals surface area contributed by atoms with Crippen molar-refractivity contribution in [1.82, 2.24) is 20.3 Å². The van der Waals surface area contributed by atoms with E-state index in [9.17, 15) is 18.0 Å². The molecule has 0 aliphatic carbocycles. The molecule has 1 fully saturated rings. The number of nitrogens with one attached hydrogen (secondary N) is 1. The van der Waals surface area contributed by atoms with Crippen LogP contribution in [0.1, 0.15) is 22.6 Å². The Labute approximate surface area is 154 Å². The van der Waals surface area contributed by atoms with Crippen LogP contribution in [0, 0.1) is 6.92 Å². The monoisotopic (exact) mass is 382 g/mol. The van der Waals surface area contributed by atoms with Crippen LogP contribution in [0.25, 0.3) is 0 Å². The van der Waals surface area contributed by atoms with E-state index in [0.717, 1.165) is 23.6 Å². The van der Waals surface area contributed by atoms with Crippen LogP contribution < -0.4 is 5.32 Å². The third-order valence-electron chi connectivity index (χ3n) is 4.42. The van der Waals surface area contributed by atoms with Gasteiger partial charge in [0.25, 0.3) is 0 Å². The Balaban J connectivity index is 1.46. The first-order chi connectivity index (χ1) is 12.8. The average molecular weight is 382 g/mol. The minimum atomic E-state index is -4.39. The van der Waals surface area contributed by atoms with Gasteiger partial charge in [0, 0.05) is 45.3 Å². The number of hydrogen-bond donors (Lipinski definition) is 1. The van der Waals surface area contributed by atoms with Gasteiger partial charge < -0.3 is 14.7 Å². The van der Waals surface area contributed by atoms with Crippen LogP contribution >= 0.6 is 0 Å². The van der Waals surface area contributed by atoms with E-state index in [2.05, 4.69) is 15.4 Å². The van der Waals surface area contributed by atoms with Crippen molar-refractivity contribution < 1.29 is 22.5 Å². The number of amides is 2. The van der Waals surface area contributed by atoms with Crippen LogP contribution in [0.15, 0.2) is 34.9 Å². The lowest BCUT2D eigenvalue weighted by Gasteiger charge is -2.34. The van der Waals surface area contributed by atoms with Gasteiger partial charge in [-0.05, 0) is 24.6 Å². The van der Waals surface area contributed by atoms with Crippen molar-refractivity contribution in [1.29, 1.82) is 0 Å². The standard InChI is InChI=1S/C18H21F3N4O2/c1-13-9-16(23-27-13)12-24-5-7-25(8-6-24)17(26)22-11-14-3-2-4-15(10-14)18(19,20)21/h2-4,9-10H,5-8,11-12H2,1H3,(H,22,26). The molecule has 0 saturated carbocycles. The minimum absolute atomic E-state index is 0.0567. The van der Waals surface area contributed by atoms with Crippen LogP contribution in [0.3, 0.4) is 0 Å².